The van der Waals surface area contributed by atoms with E-state index in [1.54, 1.807) is 0 Å². The van der Waals surface area contributed by atoms with Crippen LogP contribution in [0.3, 0.4) is 0 Å². The third-order valence-corrected chi connectivity index (χ3v) is 5.52. The summed E-state index contributed by atoms with van der Waals surface area (Å²) in [5.74, 6) is -0.0952. The SMILES string of the molecule is CC(Nc1ccc(NC(=O)c2cccc(CN3CCOCC3)c2)cc1)c1ccccc1. The number of carbonyl (C=O) groups is 1. The lowest BCUT2D eigenvalue weighted by atomic mass is 10.1. The number of amides is 1. The van der Waals surface area contributed by atoms with Gasteiger partial charge in [0.25, 0.3) is 5.91 Å². The minimum absolute atomic E-state index is 0.0952. The van der Waals surface area contributed by atoms with Crippen molar-refractivity contribution in [3.8, 4) is 0 Å². The Balaban J connectivity index is 1.34. The summed E-state index contributed by atoms with van der Waals surface area (Å²) in [6.07, 6.45) is 0. The van der Waals surface area contributed by atoms with Crippen molar-refractivity contribution in [1.29, 1.82) is 0 Å². The zero-order chi connectivity index (χ0) is 21.5. The topological polar surface area (TPSA) is 53.6 Å². The average molecular weight is 416 g/mol. The molecule has 1 saturated heterocycles. The maximum absolute atomic E-state index is 12.7. The van der Waals surface area contributed by atoms with E-state index < -0.39 is 0 Å². The van der Waals surface area contributed by atoms with Gasteiger partial charge in [-0.2, -0.15) is 0 Å². The van der Waals surface area contributed by atoms with Gasteiger partial charge in [0.15, 0.2) is 0 Å². The Morgan fingerprint density at radius 2 is 1.65 bits per heavy atom. The molecule has 3 aromatic rings. The quantitative estimate of drug-likeness (QED) is 0.574. The van der Waals surface area contributed by atoms with Gasteiger partial charge in [0.2, 0.25) is 0 Å². The third kappa shape index (κ3) is 5.94. The van der Waals surface area contributed by atoms with Gasteiger partial charge in [0, 0.05) is 42.6 Å². The van der Waals surface area contributed by atoms with E-state index in [0.717, 1.165) is 49.8 Å². The number of anilines is 2. The molecule has 0 aliphatic carbocycles. The summed E-state index contributed by atoms with van der Waals surface area (Å²) < 4.78 is 5.41. The number of morpholine rings is 1. The summed E-state index contributed by atoms with van der Waals surface area (Å²) in [5.41, 5.74) is 4.84. The lowest BCUT2D eigenvalue weighted by Crippen LogP contribution is -2.35. The monoisotopic (exact) mass is 415 g/mol. The molecule has 0 aromatic heterocycles. The first-order chi connectivity index (χ1) is 15.2. The molecule has 1 unspecified atom stereocenters. The number of benzene rings is 3. The molecule has 2 N–H and O–H groups in total. The predicted octanol–water partition coefficient (Wildman–Crippen LogP) is 4.94. The first-order valence-corrected chi connectivity index (χ1v) is 10.8. The van der Waals surface area contributed by atoms with E-state index in [4.69, 9.17) is 4.74 Å². The van der Waals surface area contributed by atoms with Crippen LogP contribution >= 0.6 is 0 Å². The molecule has 1 fully saturated rings. The van der Waals surface area contributed by atoms with Gasteiger partial charge in [0.05, 0.1) is 13.2 Å². The number of ether oxygens (including phenoxy) is 1. The van der Waals surface area contributed by atoms with Crippen molar-refractivity contribution in [2.45, 2.75) is 19.5 Å². The second-order valence-corrected chi connectivity index (χ2v) is 7.90. The van der Waals surface area contributed by atoms with E-state index in [1.807, 2.05) is 60.7 Å². The molecule has 3 aromatic carbocycles. The molecule has 0 bridgehead atoms. The van der Waals surface area contributed by atoms with Gasteiger partial charge in [-0.05, 0) is 54.4 Å². The normalized spacial score (nSPS) is 15.3. The van der Waals surface area contributed by atoms with Crippen LogP contribution in [-0.2, 0) is 11.3 Å². The molecule has 1 aliphatic heterocycles. The van der Waals surface area contributed by atoms with Crippen molar-refractivity contribution in [3.05, 3.63) is 95.6 Å². The summed E-state index contributed by atoms with van der Waals surface area (Å²) in [5, 5.41) is 6.49. The van der Waals surface area contributed by atoms with Crippen molar-refractivity contribution < 1.29 is 9.53 Å². The van der Waals surface area contributed by atoms with E-state index in [-0.39, 0.29) is 11.9 Å². The standard InChI is InChI=1S/C26H29N3O2/c1-20(22-7-3-2-4-8-22)27-24-10-12-25(13-11-24)28-26(30)23-9-5-6-21(18-23)19-29-14-16-31-17-15-29/h2-13,18,20,27H,14-17,19H2,1H3,(H,28,30). The Hall–Kier alpha value is -3.15. The molecule has 1 amide bonds. The summed E-state index contributed by atoms with van der Waals surface area (Å²) in [6.45, 7) is 6.38. The molecular formula is C26H29N3O2. The van der Waals surface area contributed by atoms with Crippen molar-refractivity contribution in [2.24, 2.45) is 0 Å². The molecule has 5 heteroatoms. The number of hydrogen-bond acceptors (Lipinski definition) is 4. The van der Waals surface area contributed by atoms with Crippen molar-refractivity contribution >= 4 is 17.3 Å². The van der Waals surface area contributed by atoms with Crippen molar-refractivity contribution in [1.82, 2.24) is 4.90 Å². The maximum Gasteiger partial charge on any atom is 0.255 e. The van der Waals surface area contributed by atoms with E-state index in [9.17, 15) is 4.79 Å². The highest BCUT2D eigenvalue weighted by molar-refractivity contribution is 6.04. The Bertz CT molecular complexity index is 983. The summed E-state index contributed by atoms with van der Waals surface area (Å²) in [4.78, 5) is 15.1. The highest BCUT2D eigenvalue weighted by Crippen LogP contribution is 2.21. The second kappa shape index (κ2) is 10.2. The van der Waals surface area contributed by atoms with Gasteiger partial charge in [0.1, 0.15) is 0 Å². The number of carbonyl (C=O) groups excluding carboxylic acids is 1. The van der Waals surface area contributed by atoms with Gasteiger partial charge in [-0.15, -0.1) is 0 Å². The predicted molar refractivity (Wildman–Crippen MR) is 125 cm³/mol. The molecule has 1 aliphatic rings. The van der Waals surface area contributed by atoms with Crippen LogP contribution in [0.15, 0.2) is 78.9 Å². The van der Waals surface area contributed by atoms with E-state index in [1.165, 1.54) is 5.56 Å². The molecule has 31 heavy (non-hydrogen) atoms. The van der Waals surface area contributed by atoms with Crippen molar-refractivity contribution in [2.75, 3.05) is 36.9 Å². The minimum atomic E-state index is -0.0952. The fourth-order valence-corrected chi connectivity index (χ4v) is 3.76. The first kappa shape index (κ1) is 21.1. The Kier molecular flexibility index (Phi) is 6.97. The van der Waals surface area contributed by atoms with Gasteiger partial charge < -0.3 is 15.4 Å². The molecule has 0 radical (unpaired) electrons. The number of rotatable bonds is 7. The Morgan fingerprint density at radius 3 is 2.39 bits per heavy atom. The van der Waals surface area contributed by atoms with Crippen LogP contribution in [0.5, 0.6) is 0 Å². The summed E-state index contributed by atoms with van der Waals surface area (Å²) in [7, 11) is 0. The summed E-state index contributed by atoms with van der Waals surface area (Å²) >= 11 is 0. The lowest BCUT2D eigenvalue weighted by Gasteiger charge is -2.26. The van der Waals surface area contributed by atoms with Gasteiger partial charge in [-0.1, -0.05) is 42.5 Å². The van der Waals surface area contributed by atoms with Crippen LogP contribution in [0.2, 0.25) is 0 Å². The second-order valence-electron chi connectivity index (χ2n) is 7.90. The Labute approximate surface area is 184 Å². The highest BCUT2D eigenvalue weighted by Gasteiger charge is 2.12. The molecule has 4 rings (SSSR count). The van der Waals surface area contributed by atoms with Crippen LogP contribution in [0.4, 0.5) is 11.4 Å². The van der Waals surface area contributed by atoms with Crippen molar-refractivity contribution in [3.63, 3.8) is 0 Å². The molecule has 1 atom stereocenters. The van der Waals surface area contributed by atoms with Gasteiger partial charge in [-0.3, -0.25) is 9.69 Å². The highest BCUT2D eigenvalue weighted by atomic mass is 16.5. The molecule has 160 valence electrons. The maximum atomic E-state index is 12.7. The number of nitrogens with zero attached hydrogens (tertiary/aromatic N) is 1. The third-order valence-electron chi connectivity index (χ3n) is 5.52. The Morgan fingerprint density at radius 1 is 0.935 bits per heavy atom. The molecular weight excluding hydrogens is 386 g/mol. The fraction of sp³-hybridized carbons (Fsp3) is 0.269. The number of hydrogen-bond donors (Lipinski definition) is 2. The first-order valence-electron chi connectivity index (χ1n) is 10.8. The van der Waals surface area contributed by atoms with Crippen LogP contribution in [-0.4, -0.2) is 37.1 Å². The molecule has 5 nitrogen and oxygen atoms in total. The molecule has 1 heterocycles. The van der Waals surface area contributed by atoms with E-state index >= 15 is 0 Å². The summed E-state index contributed by atoms with van der Waals surface area (Å²) in [6, 6.07) is 26.2. The van der Waals surface area contributed by atoms with Gasteiger partial charge >= 0.3 is 0 Å². The lowest BCUT2D eigenvalue weighted by molar-refractivity contribution is 0.0342. The zero-order valence-electron chi connectivity index (χ0n) is 17.9. The average Bonchev–Trinajstić information content (AvgIpc) is 2.82. The van der Waals surface area contributed by atoms with Crippen LogP contribution in [0, 0.1) is 0 Å². The molecule has 0 spiro atoms. The van der Waals surface area contributed by atoms with E-state index in [0.29, 0.717) is 5.56 Å². The minimum Gasteiger partial charge on any atom is -0.379 e. The van der Waals surface area contributed by atoms with Gasteiger partial charge in [-0.25, -0.2) is 0 Å². The van der Waals surface area contributed by atoms with E-state index in [2.05, 4.69) is 40.7 Å². The van der Waals surface area contributed by atoms with Crippen LogP contribution < -0.4 is 10.6 Å². The fourth-order valence-electron chi connectivity index (χ4n) is 3.76. The number of nitrogens with one attached hydrogen (secondary N) is 2. The largest absolute Gasteiger partial charge is 0.379 e. The van der Waals surface area contributed by atoms with Crippen LogP contribution in [0.25, 0.3) is 0 Å². The molecule has 0 saturated carbocycles. The smallest absolute Gasteiger partial charge is 0.255 e. The zero-order valence-corrected chi connectivity index (χ0v) is 17.9. The van der Waals surface area contributed by atoms with Crippen LogP contribution in [0.1, 0.15) is 34.5 Å².